The molecule has 7 nitrogen and oxygen atoms in total. The van der Waals surface area contributed by atoms with Crippen molar-refractivity contribution in [1.82, 2.24) is 5.32 Å². The molecule has 0 aliphatic rings. The Hall–Kier alpha value is -3.07. The smallest absolute Gasteiger partial charge is 0.255 e. The van der Waals surface area contributed by atoms with Crippen LogP contribution in [0, 0.1) is 5.82 Å². The topological polar surface area (TPSA) is 112 Å². The van der Waals surface area contributed by atoms with Crippen molar-refractivity contribution in [2.24, 2.45) is 0 Å². The Morgan fingerprint density at radius 2 is 1.86 bits per heavy atom. The Morgan fingerprint density at radius 3 is 2.38 bits per heavy atom. The first-order chi connectivity index (χ1) is 13.5. The van der Waals surface area contributed by atoms with Gasteiger partial charge in [0.1, 0.15) is 22.1 Å². The third-order valence-electron chi connectivity index (χ3n) is 4.25. The van der Waals surface area contributed by atoms with Gasteiger partial charge in [0, 0.05) is 24.9 Å². The summed E-state index contributed by atoms with van der Waals surface area (Å²) in [5.41, 5.74) is 6.92. The molecule has 0 unspecified atom stereocenters. The minimum Gasteiger partial charge on any atom is -0.487 e. The van der Waals surface area contributed by atoms with E-state index in [0.717, 1.165) is 6.26 Å². The van der Waals surface area contributed by atoms with Gasteiger partial charge in [-0.25, -0.2) is 12.8 Å². The average Bonchev–Trinajstić information content (AvgIpc) is 3.02. The lowest BCUT2D eigenvalue weighted by Crippen LogP contribution is -2.19. The van der Waals surface area contributed by atoms with Gasteiger partial charge in [-0.05, 0) is 38.1 Å². The van der Waals surface area contributed by atoms with Crippen molar-refractivity contribution in [3.05, 3.63) is 41.7 Å². The van der Waals surface area contributed by atoms with Crippen LogP contribution in [-0.4, -0.2) is 33.7 Å². The van der Waals surface area contributed by atoms with Crippen LogP contribution in [0.4, 0.5) is 10.1 Å². The summed E-state index contributed by atoms with van der Waals surface area (Å²) in [6.07, 6.45) is 0.673. The second-order valence-corrected chi connectivity index (χ2v) is 8.81. The van der Waals surface area contributed by atoms with Gasteiger partial charge >= 0.3 is 0 Å². The molecule has 0 bridgehead atoms. The van der Waals surface area contributed by atoms with E-state index in [9.17, 15) is 17.6 Å². The summed E-state index contributed by atoms with van der Waals surface area (Å²) < 4.78 is 49.5. The van der Waals surface area contributed by atoms with Gasteiger partial charge in [0.15, 0.2) is 15.6 Å². The fraction of sp³-hybridized carbons (Fsp3) is 0.250. The fourth-order valence-corrected chi connectivity index (χ4v) is 3.84. The summed E-state index contributed by atoms with van der Waals surface area (Å²) in [7, 11) is -2.26. The number of benzene rings is 2. The van der Waals surface area contributed by atoms with Crippen molar-refractivity contribution in [3.8, 4) is 17.1 Å². The van der Waals surface area contributed by atoms with Crippen LogP contribution in [0.3, 0.4) is 0 Å². The van der Waals surface area contributed by atoms with E-state index in [1.165, 1.54) is 37.4 Å². The van der Waals surface area contributed by atoms with Gasteiger partial charge in [0.05, 0.1) is 22.7 Å². The molecular formula is C20H21FN2O5S. The number of amides is 1. The molecule has 1 heterocycles. The number of nitrogen functional groups attached to an aromatic ring is 1. The van der Waals surface area contributed by atoms with Crippen molar-refractivity contribution >= 4 is 32.4 Å². The lowest BCUT2D eigenvalue weighted by molar-refractivity contribution is 0.0964. The molecule has 0 saturated carbocycles. The molecule has 154 valence electrons. The zero-order valence-corrected chi connectivity index (χ0v) is 17.2. The lowest BCUT2D eigenvalue weighted by Gasteiger charge is -2.16. The number of nitrogens with one attached hydrogen (secondary N) is 1. The number of furan rings is 1. The number of nitrogens with two attached hydrogens (primary N) is 1. The van der Waals surface area contributed by atoms with Gasteiger partial charge in [-0.15, -0.1) is 0 Å². The summed E-state index contributed by atoms with van der Waals surface area (Å²) in [5.74, 6) is -0.825. The Bertz CT molecular complexity index is 1200. The largest absolute Gasteiger partial charge is 0.487 e. The molecule has 3 rings (SSSR count). The van der Waals surface area contributed by atoms with Crippen molar-refractivity contribution in [3.63, 3.8) is 0 Å². The molecule has 0 spiro atoms. The van der Waals surface area contributed by atoms with E-state index in [4.69, 9.17) is 14.9 Å². The summed E-state index contributed by atoms with van der Waals surface area (Å²) in [6, 6.07) is 6.67. The molecule has 0 fully saturated rings. The molecular weight excluding hydrogens is 399 g/mol. The van der Waals surface area contributed by atoms with E-state index in [2.05, 4.69) is 5.32 Å². The molecule has 0 aliphatic heterocycles. The van der Waals surface area contributed by atoms with Crippen LogP contribution in [0.2, 0.25) is 0 Å². The lowest BCUT2D eigenvalue weighted by atomic mass is 10.0. The molecule has 3 aromatic rings. The van der Waals surface area contributed by atoms with Gasteiger partial charge in [-0.1, -0.05) is 0 Å². The zero-order valence-electron chi connectivity index (χ0n) is 16.4. The van der Waals surface area contributed by atoms with Gasteiger partial charge < -0.3 is 20.2 Å². The number of rotatable bonds is 5. The molecule has 9 heteroatoms. The SMILES string of the molecule is CNC(=O)c1c(-c2ccc(F)cc2)oc2cc(S(C)(=O)=O)c(OC(C)C)c(N)c12. The molecule has 29 heavy (non-hydrogen) atoms. The van der Waals surface area contributed by atoms with Crippen LogP contribution in [0.25, 0.3) is 22.3 Å². The minimum atomic E-state index is -3.71. The standard InChI is InChI=1S/C20H21FN2O5S/c1-10(2)27-19-14(29(4,25)26)9-13-15(17(19)22)16(20(24)23-3)18(28-13)11-5-7-12(21)8-6-11/h5-10H,22H2,1-4H3,(H,23,24). The van der Waals surface area contributed by atoms with Crippen molar-refractivity contribution in [2.75, 3.05) is 19.0 Å². The molecule has 1 aromatic heterocycles. The molecule has 2 aromatic carbocycles. The number of carbonyl (C=O) groups excluding carboxylic acids is 1. The van der Waals surface area contributed by atoms with Crippen LogP contribution in [0.1, 0.15) is 24.2 Å². The van der Waals surface area contributed by atoms with E-state index in [-0.39, 0.29) is 44.7 Å². The normalized spacial score (nSPS) is 11.8. The Kier molecular flexibility index (Phi) is 5.27. The number of hydrogen-bond acceptors (Lipinski definition) is 6. The number of ether oxygens (including phenoxy) is 1. The van der Waals surface area contributed by atoms with Gasteiger partial charge in [-0.2, -0.15) is 0 Å². The number of halogens is 1. The highest BCUT2D eigenvalue weighted by atomic mass is 32.2. The molecule has 1 amide bonds. The van der Waals surface area contributed by atoms with Gasteiger partial charge in [0.2, 0.25) is 0 Å². The summed E-state index contributed by atoms with van der Waals surface area (Å²) >= 11 is 0. The first-order valence-corrected chi connectivity index (χ1v) is 10.7. The van der Waals surface area contributed by atoms with E-state index >= 15 is 0 Å². The number of anilines is 1. The molecule has 0 aliphatic carbocycles. The summed E-state index contributed by atoms with van der Waals surface area (Å²) in [4.78, 5) is 12.5. The van der Waals surface area contributed by atoms with Crippen molar-refractivity contribution in [2.45, 2.75) is 24.8 Å². The van der Waals surface area contributed by atoms with E-state index in [0.29, 0.717) is 5.56 Å². The third kappa shape index (κ3) is 3.77. The highest BCUT2D eigenvalue weighted by Gasteiger charge is 2.29. The number of hydrogen-bond donors (Lipinski definition) is 2. The summed E-state index contributed by atoms with van der Waals surface area (Å²) in [5, 5.41) is 2.75. The highest BCUT2D eigenvalue weighted by molar-refractivity contribution is 7.90. The molecule has 0 saturated heterocycles. The van der Waals surface area contributed by atoms with Crippen LogP contribution in [0.15, 0.2) is 39.6 Å². The maximum atomic E-state index is 13.3. The number of carbonyl (C=O) groups is 1. The monoisotopic (exact) mass is 420 g/mol. The van der Waals surface area contributed by atoms with Gasteiger partial charge in [0.25, 0.3) is 5.91 Å². The Morgan fingerprint density at radius 1 is 1.24 bits per heavy atom. The van der Waals surface area contributed by atoms with Crippen LogP contribution >= 0.6 is 0 Å². The second-order valence-electron chi connectivity index (χ2n) is 6.82. The predicted molar refractivity (Wildman–Crippen MR) is 108 cm³/mol. The Labute approximate surface area is 167 Å². The molecule has 3 N–H and O–H groups in total. The second kappa shape index (κ2) is 7.40. The van der Waals surface area contributed by atoms with Crippen LogP contribution in [-0.2, 0) is 9.84 Å². The fourth-order valence-electron chi connectivity index (χ4n) is 3.03. The maximum Gasteiger partial charge on any atom is 0.255 e. The average molecular weight is 420 g/mol. The first kappa shape index (κ1) is 20.7. The molecule has 0 atom stereocenters. The van der Waals surface area contributed by atoms with E-state index in [1.54, 1.807) is 13.8 Å². The highest BCUT2D eigenvalue weighted by Crippen LogP contribution is 2.44. The van der Waals surface area contributed by atoms with Gasteiger partial charge in [-0.3, -0.25) is 4.79 Å². The maximum absolute atomic E-state index is 13.3. The third-order valence-corrected chi connectivity index (χ3v) is 5.35. The first-order valence-electron chi connectivity index (χ1n) is 8.78. The number of fused-ring (bicyclic) bond motifs is 1. The van der Waals surface area contributed by atoms with Crippen LogP contribution in [0.5, 0.6) is 5.75 Å². The van der Waals surface area contributed by atoms with E-state index < -0.39 is 21.6 Å². The van der Waals surface area contributed by atoms with Crippen LogP contribution < -0.4 is 15.8 Å². The predicted octanol–water partition coefficient (Wildman–Crippen LogP) is 3.37. The Balaban J connectivity index is 2.45. The minimum absolute atomic E-state index is 0.0210. The van der Waals surface area contributed by atoms with Crippen molar-refractivity contribution < 1.29 is 26.8 Å². The van der Waals surface area contributed by atoms with Crippen molar-refractivity contribution in [1.29, 1.82) is 0 Å². The van der Waals surface area contributed by atoms with E-state index in [1.807, 2.05) is 0 Å². The molecule has 0 radical (unpaired) electrons. The quantitative estimate of drug-likeness (QED) is 0.612. The zero-order chi connectivity index (χ0) is 21.5. The summed E-state index contributed by atoms with van der Waals surface area (Å²) in [6.45, 7) is 3.46. The number of sulfone groups is 1.